The molecule has 30 heavy (non-hydrogen) atoms. The molecule has 0 saturated heterocycles. The van der Waals surface area contributed by atoms with Crippen LogP contribution in [0.1, 0.15) is 46.3 Å². The Morgan fingerprint density at radius 2 is 2.03 bits per heavy atom. The lowest BCUT2D eigenvalue weighted by Crippen LogP contribution is -2.17. The first-order valence-electron chi connectivity index (χ1n) is 11.0. The van der Waals surface area contributed by atoms with E-state index in [0.717, 1.165) is 37.7 Å². The summed E-state index contributed by atoms with van der Waals surface area (Å²) >= 11 is 0. The summed E-state index contributed by atoms with van der Waals surface area (Å²) in [6, 6.07) is 16.3. The smallest absolute Gasteiger partial charge is 0.248 e. The maximum absolute atomic E-state index is 11.7. The molecule has 0 bridgehead atoms. The molecule has 1 saturated carbocycles. The fourth-order valence-corrected chi connectivity index (χ4v) is 5.27. The maximum Gasteiger partial charge on any atom is 0.248 e. The highest BCUT2D eigenvalue weighted by Crippen LogP contribution is 2.48. The van der Waals surface area contributed by atoms with Crippen molar-refractivity contribution in [2.24, 2.45) is 23.5 Å². The molecule has 156 valence electrons. The molecule has 1 fully saturated rings. The van der Waals surface area contributed by atoms with Gasteiger partial charge in [0.15, 0.2) is 0 Å². The fourth-order valence-electron chi connectivity index (χ4n) is 5.27. The third-order valence-corrected chi connectivity index (χ3v) is 6.69. The van der Waals surface area contributed by atoms with E-state index < -0.39 is 0 Å². The molecule has 0 aromatic heterocycles. The van der Waals surface area contributed by atoms with Gasteiger partial charge in [0.25, 0.3) is 0 Å². The number of carbonyl (C=O) groups excluding carboxylic acids is 1. The number of allylic oxidation sites excluding steroid dienone is 3. The van der Waals surface area contributed by atoms with E-state index in [-0.39, 0.29) is 17.9 Å². The number of amides is 1. The molecular weight excluding hydrogens is 370 g/mol. The average molecular weight is 402 g/mol. The number of aliphatic hydroxyl groups excluding tert-OH is 1. The Hall–Kier alpha value is -2.65. The molecule has 2 aromatic rings. The van der Waals surface area contributed by atoms with Gasteiger partial charge in [0.05, 0.1) is 6.10 Å². The van der Waals surface area contributed by atoms with Crippen LogP contribution < -0.4 is 5.73 Å². The Labute approximate surface area is 179 Å². The average Bonchev–Trinajstić information content (AvgIpc) is 3.22. The predicted molar refractivity (Wildman–Crippen MR) is 121 cm³/mol. The molecule has 0 radical (unpaired) electrons. The van der Waals surface area contributed by atoms with E-state index in [1.54, 1.807) is 6.07 Å². The van der Waals surface area contributed by atoms with Gasteiger partial charge in [-0.3, -0.25) is 4.79 Å². The summed E-state index contributed by atoms with van der Waals surface area (Å²) in [4.78, 5) is 11.7. The van der Waals surface area contributed by atoms with Gasteiger partial charge >= 0.3 is 0 Å². The van der Waals surface area contributed by atoms with Gasteiger partial charge in [-0.05, 0) is 68.1 Å². The monoisotopic (exact) mass is 401 g/mol. The van der Waals surface area contributed by atoms with Crippen molar-refractivity contribution in [2.45, 2.75) is 45.1 Å². The molecule has 0 spiro atoms. The molecule has 0 aliphatic heterocycles. The van der Waals surface area contributed by atoms with E-state index in [0.29, 0.717) is 17.4 Å². The number of carbonyl (C=O) groups is 1. The van der Waals surface area contributed by atoms with Crippen molar-refractivity contribution in [3.8, 4) is 0 Å². The Bertz CT molecular complexity index is 974. The minimum absolute atomic E-state index is 0.215. The van der Waals surface area contributed by atoms with Gasteiger partial charge in [0.1, 0.15) is 0 Å². The molecule has 1 amide bonds. The molecule has 2 aliphatic rings. The fraction of sp³-hybridized carbons (Fsp3) is 0.370. The summed E-state index contributed by atoms with van der Waals surface area (Å²) in [5, 5.41) is 10.6. The summed E-state index contributed by atoms with van der Waals surface area (Å²) in [5.41, 5.74) is 11.2. The van der Waals surface area contributed by atoms with Crippen LogP contribution in [-0.2, 0) is 12.8 Å². The number of primary amides is 1. The van der Waals surface area contributed by atoms with Crippen LogP contribution in [-0.4, -0.2) is 17.1 Å². The van der Waals surface area contributed by atoms with Gasteiger partial charge in [0, 0.05) is 11.5 Å². The number of aryl methyl sites for hydroxylation is 2. The van der Waals surface area contributed by atoms with Crippen molar-refractivity contribution in [1.29, 1.82) is 0 Å². The van der Waals surface area contributed by atoms with E-state index in [1.807, 2.05) is 18.2 Å². The van der Waals surface area contributed by atoms with Crippen LogP contribution in [0.25, 0.3) is 0 Å². The van der Waals surface area contributed by atoms with E-state index in [9.17, 15) is 9.90 Å². The molecule has 3 nitrogen and oxygen atoms in total. The molecule has 4 rings (SSSR count). The molecule has 4 atom stereocenters. The normalized spacial score (nSPS) is 25.5. The van der Waals surface area contributed by atoms with Crippen LogP contribution in [0, 0.1) is 24.7 Å². The Kier molecular flexibility index (Phi) is 6.19. The first-order chi connectivity index (χ1) is 14.5. The third kappa shape index (κ3) is 4.57. The van der Waals surface area contributed by atoms with Crippen molar-refractivity contribution in [3.05, 3.63) is 94.6 Å². The van der Waals surface area contributed by atoms with Crippen LogP contribution >= 0.6 is 0 Å². The second-order valence-corrected chi connectivity index (χ2v) is 8.89. The molecule has 0 unspecified atom stereocenters. The largest absolute Gasteiger partial charge is 0.392 e. The van der Waals surface area contributed by atoms with E-state index in [4.69, 9.17) is 5.73 Å². The zero-order valence-corrected chi connectivity index (χ0v) is 17.6. The number of rotatable bonds is 7. The van der Waals surface area contributed by atoms with Gasteiger partial charge < -0.3 is 10.8 Å². The van der Waals surface area contributed by atoms with E-state index in [2.05, 4.69) is 49.4 Å². The number of aliphatic hydroxyl groups is 1. The first kappa shape index (κ1) is 20.6. The standard InChI is InChI=1S/C27H31NO2/c1-18-7-6-9-19(13-18)8-2-4-12-24-25-16-20(15-22(25)17-26(24)29)14-21-10-3-5-11-23(21)27(28)30/h3-7,9-13,15,22,24-26,29H,2,8,14,16-17H2,1H3,(H2,28,30)/t22-,24+,25-,26+/m0/s1. The maximum atomic E-state index is 11.7. The van der Waals surface area contributed by atoms with Crippen LogP contribution in [0.15, 0.2) is 72.3 Å². The third-order valence-electron chi connectivity index (χ3n) is 6.69. The summed E-state index contributed by atoms with van der Waals surface area (Å²) < 4.78 is 0. The highest BCUT2D eigenvalue weighted by Gasteiger charge is 2.43. The van der Waals surface area contributed by atoms with Gasteiger partial charge in [-0.25, -0.2) is 0 Å². The minimum atomic E-state index is -0.366. The van der Waals surface area contributed by atoms with Crippen LogP contribution in [0.2, 0.25) is 0 Å². The lowest BCUT2D eigenvalue weighted by molar-refractivity contribution is 0.0999. The summed E-state index contributed by atoms with van der Waals surface area (Å²) in [6.45, 7) is 2.13. The van der Waals surface area contributed by atoms with Crippen molar-refractivity contribution in [3.63, 3.8) is 0 Å². The molecule has 2 aromatic carbocycles. The molecular formula is C27H31NO2. The second-order valence-electron chi connectivity index (χ2n) is 8.89. The Morgan fingerprint density at radius 3 is 2.83 bits per heavy atom. The van der Waals surface area contributed by atoms with Gasteiger partial charge in [-0.1, -0.05) is 71.8 Å². The van der Waals surface area contributed by atoms with E-state index in [1.165, 1.54) is 16.7 Å². The SMILES string of the molecule is Cc1cccc(CCC=C[C@@H]2[C@H]3CC(Cc4ccccc4C(N)=O)=C[C@H]3C[C@H]2O)c1. The molecule has 0 heterocycles. The lowest BCUT2D eigenvalue weighted by Gasteiger charge is -2.18. The van der Waals surface area contributed by atoms with Crippen molar-refractivity contribution in [2.75, 3.05) is 0 Å². The first-order valence-corrected chi connectivity index (χ1v) is 11.0. The summed E-state index contributed by atoms with van der Waals surface area (Å²) in [6.07, 6.45) is 11.2. The number of fused-ring (bicyclic) bond motifs is 1. The predicted octanol–water partition coefficient (Wildman–Crippen LogP) is 4.77. The number of hydrogen-bond donors (Lipinski definition) is 2. The highest BCUT2D eigenvalue weighted by molar-refractivity contribution is 5.94. The summed E-state index contributed by atoms with van der Waals surface area (Å²) in [7, 11) is 0. The van der Waals surface area contributed by atoms with Gasteiger partial charge in [-0.2, -0.15) is 0 Å². The number of nitrogens with two attached hydrogens (primary N) is 1. The summed E-state index contributed by atoms with van der Waals surface area (Å²) in [5.74, 6) is 0.745. The lowest BCUT2D eigenvalue weighted by atomic mass is 9.88. The Morgan fingerprint density at radius 1 is 1.20 bits per heavy atom. The second kappa shape index (κ2) is 9.01. The van der Waals surface area contributed by atoms with Crippen molar-refractivity contribution >= 4 is 5.91 Å². The Balaban J connectivity index is 1.37. The van der Waals surface area contributed by atoms with Gasteiger partial charge in [0.2, 0.25) is 5.91 Å². The van der Waals surface area contributed by atoms with Crippen LogP contribution in [0.3, 0.4) is 0 Å². The van der Waals surface area contributed by atoms with Crippen molar-refractivity contribution < 1.29 is 9.90 Å². The molecule has 3 N–H and O–H groups in total. The quantitative estimate of drug-likeness (QED) is 0.657. The van der Waals surface area contributed by atoms with Crippen LogP contribution in [0.5, 0.6) is 0 Å². The molecule has 2 aliphatic carbocycles. The van der Waals surface area contributed by atoms with E-state index >= 15 is 0 Å². The topological polar surface area (TPSA) is 63.3 Å². The zero-order valence-electron chi connectivity index (χ0n) is 17.6. The number of hydrogen-bond acceptors (Lipinski definition) is 2. The zero-order chi connectivity index (χ0) is 21.1. The molecule has 3 heteroatoms. The van der Waals surface area contributed by atoms with Gasteiger partial charge in [-0.15, -0.1) is 0 Å². The minimum Gasteiger partial charge on any atom is -0.392 e. The number of benzene rings is 2. The van der Waals surface area contributed by atoms with Crippen LogP contribution in [0.4, 0.5) is 0 Å². The van der Waals surface area contributed by atoms with Crippen molar-refractivity contribution in [1.82, 2.24) is 0 Å². The highest BCUT2D eigenvalue weighted by atomic mass is 16.3.